The summed E-state index contributed by atoms with van der Waals surface area (Å²) in [6.45, 7) is 5.35. The number of anilines is 2. The van der Waals surface area contributed by atoms with E-state index in [1.54, 1.807) is 42.2 Å². The first-order chi connectivity index (χ1) is 14.0. The predicted molar refractivity (Wildman–Crippen MR) is 114 cm³/mol. The van der Waals surface area contributed by atoms with Crippen molar-refractivity contribution in [2.24, 2.45) is 0 Å². The molecular formula is C21H24BrN3O4. The van der Waals surface area contributed by atoms with Crippen molar-refractivity contribution >= 4 is 39.1 Å². The number of hydrogen-bond donors (Lipinski definition) is 1. The maximum absolute atomic E-state index is 12.8. The monoisotopic (exact) mass is 461 g/mol. The maximum atomic E-state index is 12.8. The lowest BCUT2D eigenvalue weighted by Crippen LogP contribution is -2.48. The Morgan fingerprint density at radius 3 is 2.69 bits per heavy atom. The zero-order valence-corrected chi connectivity index (χ0v) is 17.9. The standard InChI is InChI=1S/C21H24BrN3O4/c1-14-21(27)25(12-11-24-9-3-2-4-10-24)16-13-15(5-6-17(16)28-14)23-20(26)18-7-8-19(22)29-18/h5-8,13-14H,2-4,9-12H2,1H3,(H,23,26). The lowest BCUT2D eigenvalue weighted by molar-refractivity contribution is -0.125. The zero-order valence-electron chi connectivity index (χ0n) is 16.3. The summed E-state index contributed by atoms with van der Waals surface area (Å²) in [4.78, 5) is 29.3. The van der Waals surface area contributed by atoms with Gasteiger partial charge in [-0.15, -0.1) is 0 Å². The minimum Gasteiger partial charge on any atom is -0.479 e. The van der Waals surface area contributed by atoms with Gasteiger partial charge in [0, 0.05) is 18.8 Å². The van der Waals surface area contributed by atoms with E-state index in [0.29, 0.717) is 28.3 Å². The van der Waals surface area contributed by atoms with E-state index in [1.807, 2.05) is 0 Å². The van der Waals surface area contributed by atoms with Crippen LogP contribution in [0.15, 0.2) is 39.4 Å². The lowest BCUT2D eigenvalue weighted by atomic mass is 10.1. The summed E-state index contributed by atoms with van der Waals surface area (Å²) in [7, 11) is 0. The van der Waals surface area contributed by atoms with Crippen molar-refractivity contribution in [1.29, 1.82) is 0 Å². The molecule has 3 heterocycles. The molecule has 2 aromatic rings. The predicted octanol–water partition coefficient (Wildman–Crippen LogP) is 3.89. The molecule has 29 heavy (non-hydrogen) atoms. The summed E-state index contributed by atoms with van der Waals surface area (Å²) in [6.07, 6.45) is 3.18. The van der Waals surface area contributed by atoms with Gasteiger partial charge in [-0.3, -0.25) is 9.59 Å². The third kappa shape index (κ3) is 4.48. The van der Waals surface area contributed by atoms with Crippen LogP contribution in [0.2, 0.25) is 0 Å². The summed E-state index contributed by atoms with van der Waals surface area (Å²) in [5, 5.41) is 2.82. The van der Waals surface area contributed by atoms with E-state index in [1.165, 1.54) is 19.3 Å². The first-order valence-electron chi connectivity index (χ1n) is 9.92. The Morgan fingerprint density at radius 1 is 1.17 bits per heavy atom. The van der Waals surface area contributed by atoms with Crippen LogP contribution in [-0.4, -0.2) is 49.0 Å². The van der Waals surface area contributed by atoms with Crippen LogP contribution in [-0.2, 0) is 4.79 Å². The van der Waals surface area contributed by atoms with Gasteiger partial charge in [0.25, 0.3) is 11.8 Å². The molecule has 0 spiro atoms. The Hall–Kier alpha value is -2.32. The summed E-state index contributed by atoms with van der Waals surface area (Å²) in [5.74, 6) is 0.437. The van der Waals surface area contributed by atoms with Crippen molar-refractivity contribution in [3.05, 3.63) is 40.8 Å². The molecule has 7 nitrogen and oxygen atoms in total. The topological polar surface area (TPSA) is 75.0 Å². The fourth-order valence-electron chi connectivity index (χ4n) is 3.77. The normalized spacial score (nSPS) is 19.6. The SMILES string of the molecule is CC1Oc2ccc(NC(=O)c3ccc(Br)o3)cc2N(CCN2CCCCC2)C1=O. The second-order valence-corrected chi connectivity index (χ2v) is 8.17. The third-order valence-electron chi connectivity index (χ3n) is 5.31. The van der Waals surface area contributed by atoms with Crippen molar-refractivity contribution in [3.63, 3.8) is 0 Å². The van der Waals surface area contributed by atoms with Gasteiger partial charge >= 0.3 is 0 Å². The molecule has 4 rings (SSSR count). The van der Waals surface area contributed by atoms with Gasteiger partial charge in [-0.2, -0.15) is 0 Å². The molecular weight excluding hydrogens is 438 g/mol. The van der Waals surface area contributed by atoms with Crippen LogP contribution < -0.4 is 15.0 Å². The van der Waals surface area contributed by atoms with E-state index < -0.39 is 6.10 Å². The van der Waals surface area contributed by atoms with E-state index >= 15 is 0 Å². The molecule has 0 bridgehead atoms. The van der Waals surface area contributed by atoms with Gasteiger partial charge in [0.15, 0.2) is 16.5 Å². The molecule has 0 saturated carbocycles. The molecule has 8 heteroatoms. The smallest absolute Gasteiger partial charge is 0.291 e. The summed E-state index contributed by atoms with van der Waals surface area (Å²) < 4.78 is 11.6. The molecule has 154 valence electrons. The Balaban J connectivity index is 1.52. The highest BCUT2D eigenvalue weighted by molar-refractivity contribution is 9.10. The summed E-state index contributed by atoms with van der Waals surface area (Å²) >= 11 is 3.19. The van der Waals surface area contributed by atoms with Crippen molar-refractivity contribution in [2.45, 2.75) is 32.3 Å². The number of fused-ring (bicyclic) bond motifs is 1. The van der Waals surface area contributed by atoms with E-state index in [9.17, 15) is 9.59 Å². The Labute approximate surface area is 178 Å². The molecule has 1 atom stereocenters. The van der Waals surface area contributed by atoms with E-state index in [0.717, 1.165) is 19.6 Å². The average Bonchev–Trinajstić information content (AvgIpc) is 3.16. The number of hydrogen-bond acceptors (Lipinski definition) is 5. The van der Waals surface area contributed by atoms with Gasteiger partial charge in [-0.25, -0.2) is 0 Å². The number of halogens is 1. The van der Waals surface area contributed by atoms with Crippen LogP contribution >= 0.6 is 15.9 Å². The zero-order chi connectivity index (χ0) is 20.4. The number of likely N-dealkylation sites (tertiary alicyclic amines) is 1. The van der Waals surface area contributed by atoms with E-state index in [4.69, 9.17) is 9.15 Å². The van der Waals surface area contributed by atoms with E-state index in [-0.39, 0.29) is 17.6 Å². The number of carbonyl (C=O) groups is 2. The summed E-state index contributed by atoms with van der Waals surface area (Å²) in [6, 6.07) is 8.60. The first kappa shape index (κ1) is 20.0. The molecule has 2 amide bonds. The van der Waals surface area contributed by atoms with Crippen molar-refractivity contribution in [1.82, 2.24) is 4.90 Å². The molecule has 2 aliphatic heterocycles. The van der Waals surface area contributed by atoms with Crippen LogP contribution in [0.4, 0.5) is 11.4 Å². The van der Waals surface area contributed by atoms with Gasteiger partial charge in [0.05, 0.1) is 5.69 Å². The number of nitrogens with one attached hydrogen (secondary N) is 1. The van der Waals surface area contributed by atoms with E-state index in [2.05, 4.69) is 26.1 Å². The number of furan rings is 1. The lowest BCUT2D eigenvalue weighted by Gasteiger charge is -2.35. The Morgan fingerprint density at radius 2 is 1.97 bits per heavy atom. The number of ether oxygens (including phenoxy) is 1. The number of benzene rings is 1. The molecule has 1 saturated heterocycles. The van der Waals surface area contributed by atoms with Gasteiger partial charge in [0.1, 0.15) is 5.75 Å². The number of carbonyl (C=O) groups excluding carboxylic acids is 2. The fourth-order valence-corrected chi connectivity index (χ4v) is 4.08. The molecule has 1 aromatic carbocycles. The fraction of sp³-hybridized carbons (Fsp3) is 0.429. The molecule has 0 aliphatic carbocycles. The van der Waals surface area contributed by atoms with Crippen molar-refractivity contribution in [2.75, 3.05) is 36.4 Å². The largest absolute Gasteiger partial charge is 0.479 e. The Kier molecular flexibility index (Phi) is 5.91. The van der Waals surface area contributed by atoms with Gasteiger partial charge in [-0.1, -0.05) is 6.42 Å². The molecule has 1 fully saturated rings. The second kappa shape index (κ2) is 8.59. The highest BCUT2D eigenvalue weighted by Crippen LogP contribution is 2.36. The minimum absolute atomic E-state index is 0.0621. The highest BCUT2D eigenvalue weighted by atomic mass is 79.9. The maximum Gasteiger partial charge on any atom is 0.291 e. The first-order valence-corrected chi connectivity index (χ1v) is 10.7. The van der Waals surface area contributed by atoms with Gasteiger partial charge < -0.3 is 24.3 Å². The summed E-state index contributed by atoms with van der Waals surface area (Å²) in [5.41, 5.74) is 1.26. The molecule has 1 N–H and O–H groups in total. The van der Waals surface area contributed by atoms with Crippen LogP contribution in [0.5, 0.6) is 5.75 Å². The van der Waals surface area contributed by atoms with Crippen molar-refractivity contribution < 1.29 is 18.7 Å². The van der Waals surface area contributed by atoms with Crippen molar-refractivity contribution in [3.8, 4) is 5.75 Å². The quantitative estimate of drug-likeness (QED) is 0.730. The second-order valence-electron chi connectivity index (χ2n) is 7.39. The molecule has 1 unspecified atom stereocenters. The molecule has 1 aromatic heterocycles. The number of nitrogens with zero attached hydrogens (tertiary/aromatic N) is 2. The van der Waals surface area contributed by atoms with Gasteiger partial charge in [-0.05, 0) is 79.1 Å². The minimum atomic E-state index is -0.523. The third-order valence-corrected chi connectivity index (χ3v) is 5.74. The molecule has 0 radical (unpaired) electrons. The van der Waals surface area contributed by atoms with Crippen LogP contribution in [0.1, 0.15) is 36.7 Å². The number of piperidine rings is 1. The number of amides is 2. The van der Waals surface area contributed by atoms with Crippen LogP contribution in [0, 0.1) is 0 Å². The number of rotatable bonds is 5. The van der Waals surface area contributed by atoms with Crippen LogP contribution in [0.25, 0.3) is 0 Å². The van der Waals surface area contributed by atoms with Gasteiger partial charge in [0.2, 0.25) is 0 Å². The highest BCUT2D eigenvalue weighted by Gasteiger charge is 2.32. The van der Waals surface area contributed by atoms with Crippen LogP contribution in [0.3, 0.4) is 0 Å². The average molecular weight is 462 g/mol. The molecule has 2 aliphatic rings. The Bertz CT molecular complexity index is 907.